The number of benzene rings is 1. The van der Waals surface area contributed by atoms with Crippen molar-refractivity contribution in [3.05, 3.63) is 35.0 Å². The van der Waals surface area contributed by atoms with Crippen molar-refractivity contribution in [2.45, 2.75) is 13.2 Å². The van der Waals surface area contributed by atoms with Crippen molar-refractivity contribution < 1.29 is 27.8 Å². The third-order valence-corrected chi connectivity index (χ3v) is 6.55. The number of anilines is 3. The molecule has 0 saturated carbocycles. The number of amides is 2. The highest BCUT2D eigenvalue weighted by molar-refractivity contribution is 6.07. The SMILES string of the molecule is COCc1cc(OC)c(F)c(N2Cc3cnc(N)c(OCCN4CCN(C)CC4)c3N(C)C2=O)c1F. The van der Waals surface area contributed by atoms with Crippen LogP contribution in [0.2, 0.25) is 0 Å². The number of pyridine rings is 1. The maximum absolute atomic E-state index is 15.4. The zero-order chi connectivity index (χ0) is 26.0. The van der Waals surface area contributed by atoms with E-state index in [-0.39, 0.29) is 36.0 Å². The van der Waals surface area contributed by atoms with Gasteiger partial charge in [-0.25, -0.2) is 18.6 Å². The van der Waals surface area contributed by atoms with Crippen molar-refractivity contribution in [3.63, 3.8) is 0 Å². The Labute approximate surface area is 209 Å². The molecule has 12 heteroatoms. The molecule has 2 aromatic rings. The quantitative estimate of drug-likeness (QED) is 0.583. The van der Waals surface area contributed by atoms with Crippen molar-refractivity contribution in [1.29, 1.82) is 0 Å². The van der Waals surface area contributed by atoms with Gasteiger partial charge in [0.25, 0.3) is 0 Å². The number of hydrogen-bond acceptors (Lipinski definition) is 8. The zero-order valence-corrected chi connectivity index (χ0v) is 21.0. The molecule has 2 aliphatic heterocycles. The molecule has 3 heterocycles. The first kappa shape index (κ1) is 25.9. The number of nitrogens with two attached hydrogens (primary N) is 1. The maximum atomic E-state index is 15.4. The number of carbonyl (C=O) groups is 1. The van der Waals surface area contributed by atoms with Crippen LogP contribution < -0.4 is 25.0 Å². The van der Waals surface area contributed by atoms with Crippen LogP contribution in [-0.4, -0.2) is 88.5 Å². The van der Waals surface area contributed by atoms with E-state index < -0.39 is 23.4 Å². The molecule has 2 aliphatic rings. The maximum Gasteiger partial charge on any atom is 0.329 e. The number of methoxy groups -OCH3 is 2. The number of fused-ring (bicyclic) bond motifs is 1. The molecular weight excluding hydrogens is 474 g/mol. The molecule has 0 radical (unpaired) electrons. The van der Waals surface area contributed by atoms with Crippen LogP contribution >= 0.6 is 0 Å². The molecule has 1 aromatic carbocycles. The van der Waals surface area contributed by atoms with Crippen LogP contribution in [0.5, 0.6) is 11.5 Å². The number of piperazine rings is 1. The average Bonchev–Trinajstić information content (AvgIpc) is 2.86. The lowest BCUT2D eigenvalue weighted by Gasteiger charge is -2.36. The van der Waals surface area contributed by atoms with Gasteiger partial charge in [0.05, 0.1) is 25.9 Å². The molecule has 0 bridgehead atoms. The summed E-state index contributed by atoms with van der Waals surface area (Å²) in [5.41, 5.74) is 6.64. The van der Waals surface area contributed by atoms with Crippen molar-refractivity contribution in [2.75, 3.05) is 83.2 Å². The van der Waals surface area contributed by atoms with Gasteiger partial charge in [0, 0.05) is 64.2 Å². The van der Waals surface area contributed by atoms with Gasteiger partial charge in [-0.05, 0) is 13.1 Å². The van der Waals surface area contributed by atoms with E-state index in [0.29, 0.717) is 24.4 Å². The molecule has 10 nitrogen and oxygen atoms in total. The van der Waals surface area contributed by atoms with Gasteiger partial charge in [0.2, 0.25) is 0 Å². The predicted molar refractivity (Wildman–Crippen MR) is 132 cm³/mol. The largest absolute Gasteiger partial charge is 0.494 e. The van der Waals surface area contributed by atoms with Crippen LogP contribution in [0.4, 0.5) is 30.8 Å². The van der Waals surface area contributed by atoms with Gasteiger partial charge < -0.3 is 24.8 Å². The number of nitrogen functional groups attached to an aromatic ring is 1. The van der Waals surface area contributed by atoms with Gasteiger partial charge in [-0.3, -0.25) is 14.7 Å². The molecule has 1 aromatic heterocycles. The number of rotatable bonds is 8. The second kappa shape index (κ2) is 10.8. The minimum Gasteiger partial charge on any atom is -0.494 e. The summed E-state index contributed by atoms with van der Waals surface area (Å²) < 4.78 is 46.7. The van der Waals surface area contributed by atoms with Crippen molar-refractivity contribution in [3.8, 4) is 11.5 Å². The number of aromatic nitrogens is 1. The molecule has 2 N–H and O–H groups in total. The number of likely N-dealkylation sites (N-methyl/N-ethyl adjacent to an activating group) is 1. The summed E-state index contributed by atoms with van der Waals surface area (Å²) in [6.45, 7) is 4.66. The van der Waals surface area contributed by atoms with E-state index in [2.05, 4.69) is 21.8 Å². The summed E-state index contributed by atoms with van der Waals surface area (Å²) in [5, 5.41) is 0. The molecule has 0 spiro atoms. The summed E-state index contributed by atoms with van der Waals surface area (Å²) in [6, 6.07) is 0.574. The fourth-order valence-corrected chi connectivity index (χ4v) is 4.49. The molecule has 2 amide bonds. The summed E-state index contributed by atoms with van der Waals surface area (Å²) >= 11 is 0. The Morgan fingerprint density at radius 2 is 1.81 bits per heavy atom. The van der Waals surface area contributed by atoms with Crippen molar-refractivity contribution in [2.24, 2.45) is 0 Å². The van der Waals surface area contributed by atoms with Gasteiger partial charge >= 0.3 is 6.03 Å². The topological polar surface area (TPSA) is 96.6 Å². The lowest BCUT2D eigenvalue weighted by Crippen LogP contribution is -2.47. The predicted octanol–water partition coefficient (Wildman–Crippen LogP) is 2.30. The van der Waals surface area contributed by atoms with Crippen LogP contribution in [0.15, 0.2) is 12.3 Å². The fraction of sp³-hybridized carbons (Fsp3) is 0.500. The summed E-state index contributed by atoms with van der Waals surface area (Å²) in [4.78, 5) is 24.5. The first-order chi connectivity index (χ1) is 17.3. The van der Waals surface area contributed by atoms with Crippen molar-refractivity contribution in [1.82, 2.24) is 14.8 Å². The van der Waals surface area contributed by atoms with Crippen LogP contribution in [0.25, 0.3) is 0 Å². The number of urea groups is 1. The summed E-state index contributed by atoms with van der Waals surface area (Å²) in [5.74, 6) is -1.65. The van der Waals surface area contributed by atoms with Crippen molar-refractivity contribution >= 4 is 23.2 Å². The Morgan fingerprint density at radius 3 is 2.47 bits per heavy atom. The van der Waals surface area contributed by atoms with Crippen LogP contribution in [0.1, 0.15) is 11.1 Å². The summed E-state index contributed by atoms with van der Waals surface area (Å²) in [7, 11) is 6.27. The second-order valence-electron chi connectivity index (χ2n) is 8.92. The fourth-order valence-electron chi connectivity index (χ4n) is 4.49. The molecule has 0 unspecified atom stereocenters. The minimum absolute atomic E-state index is 0.0651. The first-order valence-corrected chi connectivity index (χ1v) is 11.7. The van der Waals surface area contributed by atoms with E-state index >= 15 is 8.78 Å². The normalized spacial score (nSPS) is 16.9. The zero-order valence-electron chi connectivity index (χ0n) is 21.0. The molecule has 0 atom stereocenters. The first-order valence-electron chi connectivity index (χ1n) is 11.7. The minimum atomic E-state index is -0.980. The summed E-state index contributed by atoms with van der Waals surface area (Å²) in [6.07, 6.45) is 1.49. The standard InChI is InChI=1S/C24H32F2N6O4/c1-29-5-7-31(8-6-29)9-10-36-22-20-16(12-28-23(22)27)13-32(24(33)30(20)2)21-18(25)15(14-34-3)11-17(35-4)19(21)26/h11-12H,5-10,13-14H2,1-4H3,(H2,27,28). The Balaban J connectivity index is 1.62. The van der Waals surface area contributed by atoms with Gasteiger partial charge in [-0.15, -0.1) is 0 Å². The lowest BCUT2D eigenvalue weighted by molar-refractivity contribution is 0.134. The smallest absolute Gasteiger partial charge is 0.329 e. The Kier molecular flexibility index (Phi) is 7.76. The third-order valence-electron chi connectivity index (χ3n) is 6.55. The van der Waals surface area contributed by atoms with Gasteiger partial charge in [0.15, 0.2) is 29.0 Å². The Bertz CT molecular complexity index is 1130. The highest BCUT2D eigenvalue weighted by Gasteiger charge is 2.37. The van der Waals surface area contributed by atoms with E-state index in [1.807, 2.05) is 0 Å². The van der Waals surface area contributed by atoms with Crippen LogP contribution in [0.3, 0.4) is 0 Å². The second-order valence-corrected chi connectivity index (χ2v) is 8.92. The molecule has 1 fully saturated rings. The Morgan fingerprint density at radius 1 is 1.08 bits per heavy atom. The van der Waals surface area contributed by atoms with Crippen LogP contribution in [0, 0.1) is 11.6 Å². The van der Waals surface area contributed by atoms with Crippen LogP contribution in [-0.2, 0) is 17.9 Å². The van der Waals surface area contributed by atoms with E-state index in [9.17, 15) is 4.79 Å². The highest BCUT2D eigenvalue weighted by Crippen LogP contribution is 2.43. The molecular formula is C24H32F2N6O4. The number of hydrogen-bond donors (Lipinski definition) is 1. The molecule has 0 aliphatic carbocycles. The number of halogens is 2. The lowest BCUT2D eigenvalue weighted by atomic mass is 10.1. The number of ether oxygens (including phenoxy) is 3. The van der Waals surface area contributed by atoms with E-state index in [0.717, 1.165) is 31.1 Å². The van der Waals surface area contributed by atoms with E-state index in [4.69, 9.17) is 19.9 Å². The van der Waals surface area contributed by atoms with E-state index in [1.54, 1.807) is 0 Å². The Hall–Kier alpha value is -3.22. The molecule has 196 valence electrons. The number of carbonyl (C=O) groups excluding carboxylic acids is 1. The highest BCUT2D eigenvalue weighted by atomic mass is 19.1. The van der Waals surface area contributed by atoms with Gasteiger partial charge in [-0.1, -0.05) is 0 Å². The van der Waals surface area contributed by atoms with E-state index in [1.165, 1.54) is 38.4 Å². The number of nitrogens with zero attached hydrogens (tertiary/aromatic N) is 5. The van der Waals surface area contributed by atoms with Gasteiger partial charge in [0.1, 0.15) is 12.3 Å². The molecule has 1 saturated heterocycles. The van der Waals surface area contributed by atoms with Gasteiger partial charge in [-0.2, -0.15) is 0 Å². The molecule has 4 rings (SSSR count). The third kappa shape index (κ3) is 4.88. The monoisotopic (exact) mass is 506 g/mol. The average molecular weight is 507 g/mol. The molecule has 36 heavy (non-hydrogen) atoms.